The molecule has 2 nitrogen and oxygen atoms in total. The van der Waals surface area contributed by atoms with Crippen LogP contribution in [0.25, 0.3) is 0 Å². The summed E-state index contributed by atoms with van der Waals surface area (Å²) >= 11 is 0. The minimum absolute atomic E-state index is 0.575. The second-order valence-electron chi connectivity index (χ2n) is 6.24. The molecule has 0 heterocycles. The van der Waals surface area contributed by atoms with Gasteiger partial charge in [0.05, 0.1) is 0 Å². The fourth-order valence-corrected chi connectivity index (χ4v) is 1.62. The van der Waals surface area contributed by atoms with Crippen LogP contribution in [0.4, 0.5) is 52.7 Å². The van der Waals surface area contributed by atoms with Gasteiger partial charge < -0.3 is 4.74 Å². The minimum atomic E-state index is -5.82. The highest BCUT2D eigenvalue weighted by Gasteiger charge is 2.64. The molecule has 0 aromatic carbocycles. The quantitative estimate of drug-likeness (QED) is 0.308. The Morgan fingerprint density at radius 2 is 1.11 bits per heavy atom. The van der Waals surface area contributed by atoms with Crippen molar-refractivity contribution in [1.29, 1.82) is 0 Å². The summed E-state index contributed by atoms with van der Waals surface area (Å²) < 4.78 is 159. The van der Waals surface area contributed by atoms with Crippen molar-refractivity contribution in [3.63, 3.8) is 0 Å². The summed E-state index contributed by atoms with van der Waals surface area (Å²) in [5.41, 5.74) is -2.81. The molecule has 0 aromatic heterocycles. The maximum absolute atomic E-state index is 13.5. The van der Waals surface area contributed by atoms with Crippen LogP contribution in [0, 0.1) is 0 Å². The van der Waals surface area contributed by atoms with Gasteiger partial charge >= 0.3 is 35.8 Å². The van der Waals surface area contributed by atoms with E-state index in [1.165, 1.54) is 0 Å². The van der Waals surface area contributed by atoms with E-state index in [0.29, 0.717) is 6.92 Å². The lowest BCUT2D eigenvalue weighted by molar-refractivity contribution is -0.278. The van der Waals surface area contributed by atoms with Gasteiger partial charge in [-0.05, 0) is 13.3 Å². The van der Waals surface area contributed by atoms with Gasteiger partial charge in [-0.3, -0.25) is 0 Å². The zero-order valence-electron chi connectivity index (χ0n) is 14.4. The summed E-state index contributed by atoms with van der Waals surface area (Å²) in [7, 11) is 0. The molecule has 0 bridgehead atoms. The van der Waals surface area contributed by atoms with Crippen LogP contribution < -0.4 is 0 Å². The third kappa shape index (κ3) is 6.90. The largest absolute Gasteiger partial charge is 0.457 e. The minimum Gasteiger partial charge on any atom is -0.457 e. The second kappa shape index (κ2) is 8.17. The van der Waals surface area contributed by atoms with Gasteiger partial charge in [-0.1, -0.05) is 6.92 Å². The first-order valence-electron chi connectivity index (χ1n) is 7.54. The fraction of sp³-hybridized carbons (Fsp3) is 0.929. The molecule has 0 aromatic rings. The van der Waals surface area contributed by atoms with Gasteiger partial charge in [-0.25, -0.2) is 9.18 Å². The highest BCUT2D eigenvalue weighted by Crippen LogP contribution is 2.47. The molecule has 0 spiro atoms. The zero-order chi connectivity index (χ0) is 22.8. The molecule has 1 atom stereocenters. The molecule has 0 N–H and O–H groups in total. The number of halogens is 12. The monoisotopic (exact) mass is 444 g/mol. The normalized spacial score (nSPS) is 16.6. The van der Waals surface area contributed by atoms with Crippen molar-refractivity contribution in [1.82, 2.24) is 0 Å². The highest BCUT2D eigenvalue weighted by atomic mass is 19.4. The number of hydrogen-bond donors (Lipinski definition) is 0. The van der Waals surface area contributed by atoms with Crippen LogP contribution in [0.2, 0.25) is 0 Å². The van der Waals surface area contributed by atoms with Gasteiger partial charge in [0.15, 0.2) is 6.61 Å². The van der Waals surface area contributed by atoms with Gasteiger partial charge in [0.1, 0.15) is 6.42 Å². The third-order valence-corrected chi connectivity index (χ3v) is 3.72. The van der Waals surface area contributed by atoms with Crippen molar-refractivity contribution >= 4 is 5.97 Å². The standard InChI is InChI=1S/C14H16F12O2/c1-3-9(2,15)8(27)28-7-13(22,23)11(18,19)5-4-10(16,17)12(20,21)6-14(24,25)26/h3-7H2,1-2H3. The molecule has 0 saturated carbocycles. The van der Waals surface area contributed by atoms with E-state index in [-0.39, 0.29) is 0 Å². The maximum atomic E-state index is 13.5. The lowest BCUT2D eigenvalue weighted by Crippen LogP contribution is -2.49. The smallest absolute Gasteiger partial charge is 0.395 e. The molecule has 0 radical (unpaired) electrons. The Balaban J connectivity index is 5.12. The van der Waals surface area contributed by atoms with Crippen LogP contribution in [0.3, 0.4) is 0 Å². The number of carbonyl (C=O) groups is 1. The summed E-state index contributed by atoms with van der Waals surface area (Å²) in [5, 5.41) is 0. The highest BCUT2D eigenvalue weighted by molar-refractivity contribution is 5.78. The van der Waals surface area contributed by atoms with Crippen LogP contribution in [0.5, 0.6) is 0 Å². The lowest BCUT2D eigenvalue weighted by atomic mass is 9.98. The molecule has 0 aliphatic rings. The number of esters is 1. The van der Waals surface area contributed by atoms with E-state index in [1.54, 1.807) is 0 Å². The van der Waals surface area contributed by atoms with Crippen molar-refractivity contribution in [2.75, 3.05) is 6.61 Å². The Morgan fingerprint density at radius 1 is 0.714 bits per heavy atom. The molecule has 14 heteroatoms. The Kier molecular flexibility index (Phi) is 7.77. The summed E-state index contributed by atoms with van der Waals surface area (Å²) in [5.74, 6) is -24.3. The summed E-state index contributed by atoms with van der Waals surface area (Å²) in [6.07, 6.45) is -15.1. The number of alkyl halides is 12. The molecule has 1 unspecified atom stereocenters. The van der Waals surface area contributed by atoms with E-state index in [4.69, 9.17) is 0 Å². The van der Waals surface area contributed by atoms with Gasteiger partial charge in [0, 0.05) is 12.8 Å². The van der Waals surface area contributed by atoms with Crippen molar-refractivity contribution < 1.29 is 62.2 Å². The Bertz CT molecular complexity index is 539. The average molecular weight is 444 g/mol. The molecule has 0 fully saturated rings. The maximum Gasteiger partial charge on any atom is 0.395 e. The fourth-order valence-electron chi connectivity index (χ4n) is 1.62. The van der Waals surface area contributed by atoms with Gasteiger partial charge in [0.2, 0.25) is 5.67 Å². The van der Waals surface area contributed by atoms with Crippen molar-refractivity contribution in [2.45, 2.75) is 75.1 Å². The molecule has 0 rings (SSSR count). The second-order valence-corrected chi connectivity index (χ2v) is 6.24. The third-order valence-electron chi connectivity index (χ3n) is 3.72. The molecule has 28 heavy (non-hydrogen) atoms. The van der Waals surface area contributed by atoms with Crippen LogP contribution in [-0.2, 0) is 9.53 Å². The van der Waals surface area contributed by atoms with Gasteiger partial charge in [0.25, 0.3) is 0 Å². The molecular formula is C14H16F12O2. The predicted octanol–water partition coefficient (Wildman–Crippen LogP) is 5.94. The average Bonchev–Trinajstić information content (AvgIpc) is 2.48. The summed E-state index contributed by atoms with van der Waals surface area (Å²) in [4.78, 5) is 11.1. The van der Waals surface area contributed by atoms with E-state index in [1.807, 2.05) is 0 Å². The molecule has 0 amide bonds. The summed E-state index contributed by atoms with van der Waals surface area (Å²) in [6.45, 7) is -0.769. The zero-order valence-corrected chi connectivity index (χ0v) is 14.4. The lowest BCUT2D eigenvalue weighted by Gasteiger charge is -2.31. The van der Waals surface area contributed by atoms with Crippen molar-refractivity contribution in [3.8, 4) is 0 Å². The van der Waals surface area contributed by atoms with E-state index < -0.39 is 73.8 Å². The van der Waals surface area contributed by atoms with Crippen LogP contribution >= 0.6 is 0 Å². The van der Waals surface area contributed by atoms with Crippen molar-refractivity contribution in [3.05, 3.63) is 0 Å². The van der Waals surface area contributed by atoms with E-state index >= 15 is 0 Å². The van der Waals surface area contributed by atoms with Crippen LogP contribution in [0.15, 0.2) is 0 Å². The van der Waals surface area contributed by atoms with Crippen LogP contribution in [-0.4, -0.2) is 48.1 Å². The molecule has 0 saturated heterocycles. The first-order chi connectivity index (χ1) is 12.1. The van der Waals surface area contributed by atoms with E-state index in [0.717, 1.165) is 6.92 Å². The van der Waals surface area contributed by atoms with Gasteiger partial charge in [-0.15, -0.1) is 0 Å². The predicted molar refractivity (Wildman–Crippen MR) is 70.5 cm³/mol. The molecule has 0 aliphatic heterocycles. The Hall–Kier alpha value is -1.37. The van der Waals surface area contributed by atoms with Crippen molar-refractivity contribution in [2.24, 2.45) is 0 Å². The van der Waals surface area contributed by atoms with Gasteiger partial charge in [-0.2, -0.15) is 48.3 Å². The number of hydrogen-bond acceptors (Lipinski definition) is 2. The number of rotatable bonds is 10. The number of carbonyl (C=O) groups excluding carboxylic acids is 1. The Labute approximate surface area is 151 Å². The topological polar surface area (TPSA) is 26.3 Å². The number of ether oxygens (including phenoxy) is 1. The van der Waals surface area contributed by atoms with Crippen LogP contribution in [0.1, 0.15) is 39.5 Å². The van der Waals surface area contributed by atoms with E-state index in [9.17, 15) is 57.5 Å². The SMILES string of the molecule is CCC(C)(F)C(=O)OCC(F)(F)C(F)(F)CCC(F)(F)C(F)(F)CC(F)(F)F. The molecule has 0 aliphatic carbocycles. The Morgan fingerprint density at radius 3 is 1.46 bits per heavy atom. The summed E-state index contributed by atoms with van der Waals surface area (Å²) in [6, 6.07) is 0. The molecule has 168 valence electrons. The molecular weight excluding hydrogens is 428 g/mol. The van der Waals surface area contributed by atoms with E-state index in [2.05, 4.69) is 4.74 Å². The first kappa shape index (κ1) is 26.6. The first-order valence-corrected chi connectivity index (χ1v) is 7.54.